The van der Waals surface area contributed by atoms with Gasteiger partial charge in [-0.05, 0) is 31.2 Å². The van der Waals surface area contributed by atoms with E-state index in [0.29, 0.717) is 24.6 Å². The highest BCUT2D eigenvalue weighted by Gasteiger charge is 2.10. The summed E-state index contributed by atoms with van der Waals surface area (Å²) in [6.07, 6.45) is 0. The fraction of sp³-hybridized carbons (Fsp3) is 0.214. The maximum atomic E-state index is 13.7. The maximum Gasteiger partial charge on any atom is 0.146 e. The molecule has 0 radical (unpaired) electrons. The summed E-state index contributed by atoms with van der Waals surface area (Å²) in [6.45, 7) is 3.23. The van der Waals surface area contributed by atoms with Crippen LogP contribution in [0.5, 0.6) is 0 Å². The summed E-state index contributed by atoms with van der Waals surface area (Å²) < 4.78 is 13.7. The number of aromatic nitrogens is 1. The molecule has 0 amide bonds. The maximum absolute atomic E-state index is 13.7. The Morgan fingerprint density at radius 1 is 1.17 bits per heavy atom. The van der Waals surface area contributed by atoms with Crippen LogP contribution in [-0.2, 0) is 6.54 Å². The summed E-state index contributed by atoms with van der Waals surface area (Å²) in [4.78, 5) is 6.16. The zero-order valence-electron chi connectivity index (χ0n) is 10.3. The van der Waals surface area contributed by atoms with Gasteiger partial charge in [-0.2, -0.15) is 0 Å². The molecule has 3 nitrogen and oxygen atoms in total. The number of rotatable bonds is 4. The number of nitrogens with two attached hydrogens (primary N) is 1. The van der Waals surface area contributed by atoms with Crippen molar-refractivity contribution in [3.8, 4) is 0 Å². The molecule has 0 bridgehead atoms. The molecule has 0 aliphatic carbocycles. The molecule has 1 aromatic heterocycles. The van der Waals surface area contributed by atoms with Gasteiger partial charge in [-0.25, -0.2) is 9.37 Å². The molecule has 0 spiro atoms. The lowest BCUT2D eigenvalue weighted by atomic mass is 10.2. The van der Waals surface area contributed by atoms with Gasteiger partial charge in [0.15, 0.2) is 0 Å². The fourth-order valence-electron chi connectivity index (χ4n) is 1.86. The van der Waals surface area contributed by atoms with Gasteiger partial charge >= 0.3 is 0 Å². The van der Waals surface area contributed by atoms with Gasteiger partial charge in [-0.1, -0.05) is 18.2 Å². The minimum Gasteiger partial charge on any atom is -0.384 e. The van der Waals surface area contributed by atoms with Crippen molar-refractivity contribution in [3.63, 3.8) is 0 Å². The molecule has 0 fully saturated rings. The van der Waals surface area contributed by atoms with Crippen molar-refractivity contribution in [2.45, 2.75) is 13.5 Å². The van der Waals surface area contributed by atoms with Crippen LogP contribution in [0.25, 0.3) is 0 Å². The Morgan fingerprint density at radius 2 is 1.94 bits per heavy atom. The van der Waals surface area contributed by atoms with Crippen molar-refractivity contribution in [1.82, 2.24) is 4.98 Å². The number of benzene rings is 1. The van der Waals surface area contributed by atoms with Gasteiger partial charge in [0.2, 0.25) is 0 Å². The highest BCUT2D eigenvalue weighted by atomic mass is 19.1. The van der Waals surface area contributed by atoms with Crippen LogP contribution in [-0.4, -0.2) is 11.5 Å². The van der Waals surface area contributed by atoms with Crippen LogP contribution in [0.15, 0.2) is 42.5 Å². The average Bonchev–Trinajstić information content (AvgIpc) is 2.37. The fourth-order valence-corrected chi connectivity index (χ4v) is 1.86. The van der Waals surface area contributed by atoms with Crippen molar-refractivity contribution in [2.75, 3.05) is 17.2 Å². The van der Waals surface area contributed by atoms with E-state index in [-0.39, 0.29) is 5.82 Å². The van der Waals surface area contributed by atoms with Crippen molar-refractivity contribution in [3.05, 3.63) is 54.0 Å². The number of hydrogen-bond acceptors (Lipinski definition) is 3. The van der Waals surface area contributed by atoms with Gasteiger partial charge in [0.25, 0.3) is 0 Å². The lowest BCUT2D eigenvalue weighted by molar-refractivity contribution is 0.617. The van der Waals surface area contributed by atoms with E-state index in [1.807, 2.05) is 30.0 Å². The molecule has 2 rings (SSSR count). The molecule has 0 aliphatic rings. The highest BCUT2D eigenvalue weighted by Crippen LogP contribution is 2.20. The summed E-state index contributed by atoms with van der Waals surface area (Å²) in [5.41, 5.74) is 7.06. The topological polar surface area (TPSA) is 42.1 Å². The molecule has 0 unspecified atom stereocenters. The second-order valence-electron chi connectivity index (χ2n) is 4.02. The minimum absolute atomic E-state index is 0.219. The Bertz CT molecular complexity index is 528. The third-order valence-electron chi connectivity index (χ3n) is 2.76. The first-order chi connectivity index (χ1) is 8.70. The minimum atomic E-state index is -0.219. The van der Waals surface area contributed by atoms with Crippen molar-refractivity contribution >= 4 is 11.5 Å². The molecule has 18 heavy (non-hydrogen) atoms. The van der Waals surface area contributed by atoms with E-state index in [2.05, 4.69) is 4.98 Å². The van der Waals surface area contributed by atoms with Crippen LogP contribution < -0.4 is 10.6 Å². The number of para-hydroxylation sites is 1. The molecular weight excluding hydrogens is 229 g/mol. The van der Waals surface area contributed by atoms with E-state index < -0.39 is 0 Å². The summed E-state index contributed by atoms with van der Waals surface area (Å²) in [5, 5.41) is 0. The molecule has 1 heterocycles. The zero-order chi connectivity index (χ0) is 13.0. The summed E-state index contributed by atoms with van der Waals surface area (Å²) in [6, 6.07) is 12.2. The first kappa shape index (κ1) is 12.4. The average molecular weight is 245 g/mol. The monoisotopic (exact) mass is 245 g/mol. The Kier molecular flexibility index (Phi) is 3.77. The number of pyridine rings is 1. The van der Waals surface area contributed by atoms with Crippen LogP contribution >= 0.6 is 0 Å². The van der Waals surface area contributed by atoms with E-state index in [1.165, 1.54) is 6.07 Å². The van der Waals surface area contributed by atoms with Crippen molar-refractivity contribution < 1.29 is 4.39 Å². The molecule has 94 valence electrons. The molecule has 0 saturated carbocycles. The Morgan fingerprint density at radius 3 is 2.61 bits per heavy atom. The van der Waals surface area contributed by atoms with E-state index in [0.717, 1.165) is 5.69 Å². The largest absolute Gasteiger partial charge is 0.384 e. The summed E-state index contributed by atoms with van der Waals surface area (Å²) in [5.74, 6) is 0.264. The van der Waals surface area contributed by atoms with Gasteiger partial charge in [-0.15, -0.1) is 0 Å². The predicted molar refractivity (Wildman–Crippen MR) is 71.8 cm³/mol. The van der Waals surface area contributed by atoms with Crippen LogP contribution in [0.4, 0.5) is 15.9 Å². The Balaban J connectivity index is 2.23. The van der Waals surface area contributed by atoms with Crippen LogP contribution in [0.1, 0.15) is 12.6 Å². The molecule has 0 aliphatic heterocycles. The Hall–Kier alpha value is -2.10. The van der Waals surface area contributed by atoms with Gasteiger partial charge in [0.1, 0.15) is 11.6 Å². The van der Waals surface area contributed by atoms with Crippen LogP contribution in [0.2, 0.25) is 0 Å². The third-order valence-corrected chi connectivity index (χ3v) is 2.76. The molecule has 2 N–H and O–H groups in total. The number of anilines is 2. The smallest absolute Gasteiger partial charge is 0.146 e. The molecular formula is C14H16FN3. The van der Waals surface area contributed by atoms with Crippen LogP contribution in [0.3, 0.4) is 0 Å². The van der Waals surface area contributed by atoms with Crippen molar-refractivity contribution in [2.24, 2.45) is 0 Å². The SMILES string of the molecule is CCN(Cc1cccc(N)n1)c1ccccc1F. The molecule has 2 aromatic rings. The predicted octanol–water partition coefficient (Wildman–Crippen LogP) is 2.83. The highest BCUT2D eigenvalue weighted by molar-refractivity contribution is 5.48. The lowest BCUT2D eigenvalue weighted by Crippen LogP contribution is -2.23. The van der Waals surface area contributed by atoms with E-state index in [9.17, 15) is 4.39 Å². The summed E-state index contributed by atoms with van der Waals surface area (Å²) in [7, 11) is 0. The lowest BCUT2D eigenvalue weighted by Gasteiger charge is -2.23. The van der Waals surface area contributed by atoms with E-state index in [4.69, 9.17) is 5.73 Å². The zero-order valence-corrected chi connectivity index (χ0v) is 10.3. The Labute approximate surface area is 106 Å². The number of nitrogens with zero attached hydrogens (tertiary/aromatic N) is 2. The van der Waals surface area contributed by atoms with Crippen LogP contribution in [0, 0.1) is 5.82 Å². The number of halogens is 1. The first-order valence-electron chi connectivity index (χ1n) is 5.91. The molecule has 4 heteroatoms. The normalized spacial score (nSPS) is 10.3. The molecule has 0 saturated heterocycles. The quantitative estimate of drug-likeness (QED) is 0.900. The third kappa shape index (κ3) is 2.77. The van der Waals surface area contributed by atoms with E-state index in [1.54, 1.807) is 18.2 Å². The van der Waals surface area contributed by atoms with Crippen molar-refractivity contribution in [1.29, 1.82) is 0 Å². The van der Waals surface area contributed by atoms with Gasteiger partial charge in [0.05, 0.1) is 17.9 Å². The molecule has 0 atom stereocenters. The second-order valence-corrected chi connectivity index (χ2v) is 4.02. The van der Waals surface area contributed by atoms with Gasteiger partial charge in [-0.3, -0.25) is 0 Å². The van der Waals surface area contributed by atoms with E-state index >= 15 is 0 Å². The van der Waals surface area contributed by atoms with Gasteiger partial charge in [0, 0.05) is 6.54 Å². The first-order valence-corrected chi connectivity index (χ1v) is 5.91. The second kappa shape index (κ2) is 5.49. The number of nitrogen functional groups attached to an aromatic ring is 1. The summed E-state index contributed by atoms with van der Waals surface area (Å²) >= 11 is 0. The molecule has 1 aromatic carbocycles. The number of hydrogen-bond donors (Lipinski definition) is 1. The standard InChI is InChI=1S/C14H16FN3/c1-2-18(13-8-4-3-7-12(13)15)10-11-6-5-9-14(16)17-11/h3-9H,2,10H2,1H3,(H2,16,17). The van der Waals surface area contributed by atoms with Gasteiger partial charge < -0.3 is 10.6 Å².